The average Bonchev–Trinajstić information content (AvgIpc) is 2.75. The smallest absolute Gasteiger partial charge is 0.315 e. The molecule has 0 aliphatic heterocycles. The Morgan fingerprint density at radius 3 is 1.30 bits per heavy atom. The number of fused-ring (bicyclic) bond motifs is 1. The first-order valence-electron chi connectivity index (χ1n) is 9.69. The number of carbonyl (C=O) groups is 2. The molecule has 0 fully saturated rings. The molecule has 0 amide bonds. The zero-order valence-electron chi connectivity index (χ0n) is 16.3. The summed E-state index contributed by atoms with van der Waals surface area (Å²) in [5.74, 6) is -0.374. The van der Waals surface area contributed by atoms with Crippen LogP contribution in [0.2, 0.25) is 0 Å². The summed E-state index contributed by atoms with van der Waals surface area (Å²) >= 11 is 0. The van der Waals surface area contributed by atoms with E-state index in [2.05, 4.69) is 0 Å². The minimum Gasteiger partial charge on any atom is -0.422 e. The zero-order chi connectivity index (χ0) is 20.8. The van der Waals surface area contributed by atoms with Gasteiger partial charge in [-0.2, -0.15) is 0 Å². The minimum absolute atomic E-state index is 0.130. The third-order valence-electron chi connectivity index (χ3n) is 4.64. The molecule has 0 aliphatic carbocycles. The molecular formula is C26H20O4. The van der Waals surface area contributed by atoms with Crippen molar-refractivity contribution < 1.29 is 19.1 Å². The summed E-state index contributed by atoms with van der Waals surface area (Å²) in [6.07, 6.45) is 0.260. The maximum Gasteiger partial charge on any atom is 0.315 e. The SMILES string of the molecule is O=C(Cc1ccccc1)Oc1cc2ccccc2cc1OC(=O)Cc1ccccc1. The monoisotopic (exact) mass is 396 g/mol. The molecule has 4 aromatic rings. The average molecular weight is 396 g/mol. The second-order valence-electron chi connectivity index (χ2n) is 6.92. The van der Waals surface area contributed by atoms with Crippen molar-refractivity contribution in [2.75, 3.05) is 0 Å². The van der Waals surface area contributed by atoms with Gasteiger partial charge in [0.25, 0.3) is 0 Å². The van der Waals surface area contributed by atoms with Crippen LogP contribution in [0.3, 0.4) is 0 Å². The second-order valence-corrected chi connectivity index (χ2v) is 6.92. The predicted molar refractivity (Wildman–Crippen MR) is 116 cm³/mol. The van der Waals surface area contributed by atoms with Gasteiger partial charge in [0.1, 0.15) is 0 Å². The number of rotatable bonds is 6. The molecule has 0 spiro atoms. The largest absolute Gasteiger partial charge is 0.422 e. The van der Waals surface area contributed by atoms with Crippen LogP contribution in [0, 0.1) is 0 Å². The second kappa shape index (κ2) is 9.05. The van der Waals surface area contributed by atoms with Gasteiger partial charge in [0, 0.05) is 0 Å². The lowest BCUT2D eigenvalue weighted by Crippen LogP contribution is -2.15. The highest BCUT2D eigenvalue weighted by molar-refractivity contribution is 5.89. The Labute approximate surface area is 174 Å². The van der Waals surface area contributed by atoms with Crippen molar-refractivity contribution in [2.24, 2.45) is 0 Å². The molecular weight excluding hydrogens is 376 g/mol. The molecule has 0 bridgehead atoms. The normalized spacial score (nSPS) is 10.5. The summed E-state index contributed by atoms with van der Waals surface area (Å²) in [7, 11) is 0. The summed E-state index contributed by atoms with van der Waals surface area (Å²) < 4.78 is 11.2. The van der Waals surface area contributed by atoms with E-state index in [1.54, 1.807) is 12.1 Å². The molecule has 0 aliphatic rings. The van der Waals surface area contributed by atoms with Crippen molar-refractivity contribution in [3.05, 3.63) is 108 Å². The van der Waals surface area contributed by atoms with Gasteiger partial charge in [0.15, 0.2) is 11.5 Å². The van der Waals surface area contributed by atoms with Crippen molar-refractivity contribution >= 4 is 22.7 Å². The first-order chi connectivity index (χ1) is 14.7. The van der Waals surface area contributed by atoms with Gasteiger partial charge in [-0.25, -0.2) is 0 Å². The van der Waals surface area contributed by atoms with Crippen molar-refractivity contribution in [2.45, 2.75) is 12.8 Å². The summed E-state index contributed by atoms with van der Waals surface area (Å²) in [5, 5.41) is 1.78. The van der Waals surface area contributed by atoms with E-state index in [1.165, 1.54) is 0 Å². The van der Waals surface area contributed by atoms with Crippen molar-refractivity contribution in [1.82, 2.24) is 0 Å². The van der Waals surface area contributed by atoms with E-state index in [9.17, 15) is 9.59 Å². The Bertz CT molecular complexity index is 1070. The van der Waals surface area contributed by atoms with Crippen LogP contribution in [-0.4, -0.2) is 11.9 Å². The highest BCUT2D eigenvalue weighted by Gasteiger charge is 2.16. The first kappa shape index (κ1) is 19.4. The molecule has 0 unspecified atom stereocenters. The highest BCUT2D eigenvalue weighted by Crippen LogP contribution is 2.33. The molecule has 0 N–H and O–H groups in total. The maximum absolute atomic E-state index is 12.5. The Morgan fingerprint density at radius 1 is 0.533 bits per heavy atom. The first-order valence-corrected chi connectivity index (χ1v) is 9.69. The third-order valence-corrected chi connectivity index (χ3v) is 4.64. The Morgan fingerprint density at radius 2 is 0.900 bits per heavy atom. The standard InChI is InChI=1S/C26H20O4/c27-25(15-19-9-3-1-4-10-19)29-23-17-21-13-7-8-14-22(21)18-24(23)30-26(28)16-20-11-5-2-6-12-20/h1-14,17-18H,15-16H2. The lowest BCUT2D eigenvalue weighted by molar-refractivity contribution is -0.136. The van der Waals surface area contributed by atoms with E-state index < -0.39 is 11.9 Å². The minimum atomic E-state index is -0.420. The van der Waals surface area contributed by atoms with Gasteiger partial charge in [-0.3, -0.25) is 9.59 Å². The molecule has 0 atom stereocenters. The Kier molecular flexibility index (Phi) is 5.85. The van der Waals surface area contributed by atoms with Gasteiger partial charge < -0.3 is 9.47 Å². The van der Waals surface area contributed by atoms with E-state index in [0.717, 1.165) is 21.9 Å². The number of ether oxygens (including phenoxy) is 2. The fourth-order valence-electron chi connectivity index (χ4n) is 3.20. The molecule has 4 heteroatoms. The van der Waals surface area contributed by atoms with Gasteiger partial charge in [0.2, 0.25) is 0 Å². The number of hydrogen-bond acceptors (Lipinski definition) is 4. The number of esters is 2. The van der Waals surface area contributed by atoms with Gasteiger partial charge in [-0.05, 0) is 34.0 Å². The quantitative estimate of drug-likeness (QED) is 0.335. The molecule has 4 aromatic carbocycles. The molecule has 0 heterocycles. The molecule has 4 rings (SSSR count). The summed E-state index contributed by atoms with van der Waals surface area (Å²) in [6.45, 7) is 0. The molecule has 4 nitrogen and oxygen atoms in total. The van der Waals surface area contributed by atoms with Crippen LogP contribution in [0.25, 0.3) is 10.8 Å². The van der Waals surface area contributed by atoms with Crippen LogP contribution >= 0.6 is 0 Å². The van der Waals surface area contributed by atoms with Gasteiger partial charge >= 0.3 is 11.9 Å². The topological polar surface area (TPSA) is 52.6 Å². The lowest BCUT2D eigenvalue weighted by Gasteiger charge is -2.12. The lowest BCUT2D eigenvalue weighted by atomic mass is 10.1. The zero-order valence-corrected chi connectivity index (χ0v) is 16.3. The van der Waals surface area contributed by atoms with Crippen LogP contribution in [-0.2, 0) is 22.4 Å². The van der Waals surface area contributed by atoms with Crippen LogP contribution in [0.4, 0.5) is 0 Å². The van der Waals surface area contributed by atoms with Crippen molar-refractivity contribution in [3.8, 4) is 11.5 Å². The third kappa shape index (κ3) is 4.92. The van der Waals surface area contributed by atoms with Crippen LogP contribution in [0.1, 0.15) is 11.1 Å². The van der Waals surface area contributed by atoms with Crippen molar-refractivity contribution in [1.29, 1.82) is 0 Å². The Hall–Kier alpha value is -3.92. The molecule has 148 valence electrons. The van der Waals surface area contributed by atoms with E-state index in [0.29, 0.717) is 0 Å². The molecule has 0 saturated heterocycles. The van der Waals surface area contributed by atoms with Crippen LogP contribution in [0.5, 0.6) is 11.5 Å². The maximum atomic E-state index is 12.5. The number of carbonyl (C=O) groups excluding carboxylic acids is 2. The van der Waals surface area contributed by atoms with E-state index in [-0.39, 0.29) is 24.3 Å². The van der Waals surface area contributed by atoms with Crippen LogP contribution in [0.15, 0.2) is 97.1 Å². The van der Waals surface area contributed by atoms with Gasteiger partial charge in [-0.1, -0.05) is 84.9 Å². The molecule has 30 heavy (non-hydrogen) atoms. The fourth-order valence-corrected chi connectivity index (χ4v) is 3.20. The summed E-state index contributed by atoms with van der Waals surface area (Å²) in [5.41, 5.74) is 1.71. The van der Waals surface area contributed by atoms with Crippen molar-refractivity contribution in [3.63, 3.8) is 0 Å². The van der Waals surface area contributed by atoms with Gasteiger partial charge in [0.05, 0.1) is 12.8 Å². The fraction of sp³-hybridized carbons (Fsp3) is 0.0769. The van der Waals surface area contributed by atoms with Gasteiger partial charge in [-0.15, -0.1) is 0 Å². The summed E-state index contributed by atoms with van der Waals surface area (Å²) in [4.78, 5) is 25.0. The molecule has 0 aromatic heterocycles. The van der Waals surface area contributed by atoms with E-state index >= 15 is 0 Å². The highest BCUT2D eigenvalue weighted by atomic mass is 16.6. The number of benzene rings is 4. The Balaban J connectivity index is 1.57. The number of hydrogen-bond donors (Lipinski definition) is 0. The van der Waals surface area contributed by atoms with E-state index in [4.69, 9.17) is 9.47 Å². The summed E-state index contributed by atoms with van der Waals surface area (Å²) in [6, 6.07) is 29.8. The van der Waals surface area contributed by atoms with E-state index in [1.807, 2.05) is 84.9 Å². The molecule has 0 radical (unpaired) electrons. The predicted octanol–water partition coefficient (Wildman–Crippen LogP) is 5.14. The molecule has 0 saturated carbocycles. The van der Waals surface area contributed by atoms with Crippen LogP contribution < -0.4 is 9.47 Å².